The van der Waals surface area contributed by atoms with Gasteiger partial charge in [0.05, 0.1) is 15.6 Å². The highest BCUT2D eigenvalue weighted by Gasteiger charge is 2.33. The van der Waals surface area contributed by atoms with E-state index in [0.29, 0.717) is 15.4 Å². The Balaban J connectivity index is 1.51. The molecule has 1 fully saturated rings. The number of thioether (sulfide) groups is 1. The summed E-state index contributed by atoms with van der Waals surface area (Å²) in [5, 5.41) is 19.8. The standard InChI is InChI=1S/C29H23N3O6S3/c1-2-30-26(36)24(41-29(30)39)27-31(14-23(33)34)25(35)22(40-27)13-15-6-11-21-19(12-15)18-4-3-5-20(18)32(21)17-9-7-16(8-10-17)28(37)38/h6-13H,2-5,14H2,1H3,(H,33,34)(H,37,38)/b22-13+,27-24-. The average Bonchev–Trinajstić information content (AvgIpc) is 3.67. The van der Waals surface area contributed by atoms with Crippen LogP contribution in [0.5, 0.6) is 0 Å². The van der Waals surface area contributed by atoms with Gasteiger partial charge in [-0.05, 0) is 79.8 Å². The number of carbonyl (C=O) groups is 3. The number of nitrogens with zero attached hydrogens (tertiary/aromatic N) is 3. The molecular weight excluding hydrogens is 583 g/mol. The van der Waals surface area contributed by atoms with E-state index in [9.17, 15) is 29.4 Å². The summed E-state index contributed by atoms with van der Waals surface area (Å²) < 4.78 is 4.28. The summed E-state index contributed by atoms with van der Waals surface area (Å²) in [6.07, 6.45) is 4.56. The first-order chi connectivity index (χ1) is 19.7. The maximum absolute atomic E-state index is 13.4. The Hall–Kier alpha value is -4.00. The molecule has 2 N–H and O–H groups in total. The minimum atomic E-state index is -1.18. The summed E-state index contributed by atoms with van der Waals surface area (Å²) >= 11 is 7.49. The summed E-state index contributed by atoms with van der Waals surface area (Å²) in [5.74, 6) is -2.49. The van der Waals surface area contributed by atoms with E-state index in [4.69, 9.17) is 12.2 Å². The van der Waals surface area contributed by atoms with Gasteiger partial charge in [0.2, 0.25) is 0 Å². The number of aliphatic carboxylic acids is 1. The largest absolute Gasteiger partial charge is 0.480 e. The van der Waals surface area contributed by atoms with Crippen LogP contribution in [0.15, 0.2) is 47.3 Å². The lowest BCUT2D eigenvalue weighted by molar-refractivity contribution is -0.137. The maximum atomic E-state index is 13.4. The highest BCUT2D eigenvalue weighted by atomic mass is 32.2. The van der Waals surface area contributed by atoms with Crippen molar-refractivity contribution in [3.63, 3.8) is 0 Å². The van der Waals surface area contributed by atoms with Crippen molar-refractivity contribution in [1.29, 1.82) is 0 Å². The summed E-state index contributed by atoms with van der Waals surface area (Å²) in [6, 6.07) is 12.7. The van der Waals surface area contributed by atoms with E-state index < -0.39 is 24.0 Å². The van der Waals surface area contributed by atoms with Crippen LogP contribution in [0, 0.1) is 0 Å². The van der Waals surface area contributed by atoms with Crippen LogP contribution in [0.25, 0.3) is 27.6 Å². The van der Waals surface area contributed by atoms with Crippen LogP contribution in [0.1, 0.15) is 40.5 Å². The average molecular weight is 606 g/mol. The SMILES string of the molecule is CCN1C(=O)/C(=c2/s/c(=C/c3ccc4c(c3)c3c(n4-c4ccc(C(=O)O)cc4)CCC3)c(=O)n2CC(=O)O)SC1=S. The molecule has 208 valence electrons. The van der Waals surface area contributed by atoms with Gasteiger partial charge in [-0.2, -0.15) is 0 Å². The van der Waals surface area contributed by atoms with Gasteiger partial charge in [-0.25, -0.2) is 4.79 Å². The number of amides is 1. The van der Waals surface area contributed by atoms with Gasteiger partial charge in [0.25, 0.3) is 11.5 Å². The lowest BCUT2D eigenvalue weighted by atomic mass is 10.1. The molecule has 9 nitrogen and oxygen atoms in total. The van der Waals surface area contributed by atoms with Crippen molar-refractivity contribution < 1.29 is 24.6 Å². The number of hydrogen-bond donors (Lipinski definition) is 2. The van der Waals surface area contributed by atoms with Gasteiger partial charge in [-0.15, -0.1) is 11.3 Å². The van der Waals surface area contributed by atoms with Crippen LogP contribution in [0.3, 0.4) is 0 Å². The lowest BCUT2D eigenvalue weighted by Gasteiger charge is -2.10. The van der Waals surface area contributed by atoms with Crippen molar-refractivity contribution >= 4 is 79.4 Å². The van der Waals surface area contributed by atoms with E-state index in [2.05, 4.69) is 4.57 Å². The zero-order valence-electron chi connectivity index (χ0n) is 21.7. The molecule has 0 atom stereocenters. The van der Waals surface area contributed by atoms with E-state index in [0.717, 1.165) is 69.1 Å². The van der Waals surface area contributed by atoms with Crippen molar-refractivity contribution in [2.45, 2.75) is 32.7 Å². The van der Waals surface area contributed by atoms with E-state index in [1.165, 1.54) is 16.2 Å². The van der Waals surface area contributed by atoms with E-state index in [-0.39, 0.29) is 21.0 Å². The monoisotopic (exact) mass is 605 g/mol. The van der Waals surface area contributed by atoms with Gasteiger partial charge < -0.3 is 14.8 Å². The molecule has 4 aromatic rings. The van der Waals surface area contributed by atoms with Crippen LogP contribution in [0.2, 0.25) is 0 Å². The van der Waals surface area contributed by atoms with E-state index >= 15 is 0 Å². The second-order valence-corrected chi connectivity index (χ2v) is 12.4. The molecule has 12 heteroatoms. The van der Waals surface area contributed by atoms with Gasteiger partial charge in [0.1, 0.15) is 20.4 Å². The third kappa shape index (κ3) is 4.61. The van der Waals surface area contributed by atoms with Gasteiger partial charge >= 0.3 is 11.9 Å². The number of carboxylic acid groups (broad SMARTS) is 2. The third-order valence-electron chi connectivity index (χ3n) is 7.28. The van der Waals surface area contributed by atoms with Crippen LogP contribution < -0.4 is 14.8 Å². The molecule has 2 aromatic heterocycles. The summed E-state index contributed by atoms with van der Waals surface area (Å²) in [6.45, 7) is 1.62. The first-order valence-electron chi connectivity index (χ1n) is 12.9. The molecule has 0 bridgehead atoms. The van der Waals surface area contributed by atoms with Crippen LogP contribution in [-0.2, 0) is 29.0 Å². The van der Waals surface area contributed by atoms with Crippen molar-refractivity contribution in [2.24, 2.45) is 0 Å². The Morgan fingerprint density at radius 3 is 2.49 bits per heavy atom. The predicted octanol–water partition coefficient (Wildman–Crippen LogP) is 2.94. The second kappa shape index (κ2) is 10.4. The van der Waals surface area contributed by atoms with E-state index in [1.807, 2.05) is 30.3 Å². The van der Waals surface area contributed by atoms with Crippen molar-refractivity contribution in [1.82, 2.24) is 14.0 Å². The second-order valence-electron chi connectivity index (χ2n) is 9.69. The Kier molecular flexibility index (Phi) is 6.92. The van der Waals surface area contributed by atoms with Crippen molar-refractivity contribution in [3.05, 3.63) is 84.4 Å². The molecule has 0 unspecified atom stereocenters. The number of carboxylic acids is 2. The van der Waals surface area contributed by atoms with Gasteiger partial charge in [0, 0.05) is 23.3 Å². The lowest BCUT2D eigenvalue weighted by Crippen LogP contribution is -2.35. The van der Waals surface area contributed by atoms with E-state index in [1.54, 1.807) is 25.1 Å². The molecule has 3 heterocycles. The predicted molar refractivity (Wildman–Crippen MR) is 162 cm³/mol. The van der Waals surface area contributed by atoms with Crippen molar-refractivity contribution in [3.8, 4) is 5.69 Å². The first kappa shape index (κ1) is 27.2. The molecule has 6 rings (SSSR count). The number of carbonyl (C=O) groups excluding carboxylic acids is 1. The molecule has 1 aliphatic heterocycles. The Morgan fingerprint density at radius 1 is 1.07 bits per heavy atom. The Labute approximate surface area is 246 Å². The number of aromatic carboxylic acids is 1. The number of fused-ring (bicyclic) bond motifs is 3. The van der Waals surface area contributed by atoms with Gasteiger partial charge in [0.15, 0.2) is 0 Å². The van der Waals surface area contributed by atoms with Gasteiger partial charge in [-0.3, -0.25) is 23.9 Å². The van der Waals surface area contributed by atoms with Gasteiger partial charge in [-0.1, -0.05) is 30.0 Å². The normalized spacial score (nSPS) is 16.7. The molecule has 0 spiro atoms. The van der Waals surface area contributed by atoms with Crippen molar-refractivity contribution in [2.75, 3.05) is 6.54 Å². The number of hydrogen-bond acceptors (Lipinski definition) is 7. The number of thiocarbonyl (C=S) groups is 1. The quantitative estimate of drug-likeness (QED) is 0.322. The molecule has 0 radical (unpaired) electrons. The maximum Gasteiger partial charge on any atom is 0.335 e. The first-order valence-corrected chi connectivity index (χ1v) is 14.9. The van der Waals surface area contributed by atoms with Crippen LogP contribution in [0.4, 0.5) is 0 Å². The molecular formula is C29H23N3O6S3. The molecule has 1 amide bonds. The number of thiazole rings is 1. The molecule has 0 saturated carbocycles. The number of aromatic nitrogens is 2. The van der Waals surface area contributed by atoms with Crippen LogP contribution in [-0.4, -0.2) is 53.0 Å². The zero-order chi connectivity index (χ0) is 29.0. The van der Waals surface area contributed by atoms with Crippen LogP contribution >= 0.6 is 35.3 Å². The summed E-state index contributed by atoms with van der Waals surface area (Å²) in [4.78, 5) is 51.0. The summed E-state index contributed by atoms with van der Waals surface area (Å²) in [7, 11) is 0. The Bertz CT molecular complexity index is 1980. The minimum Gasteiger partial charge on any atom is -0.480 e. The Morgan fingerprint density at radius 2 is 1.83 bits per heavy atom. The molecule has 1 saturated heterocycles. The fraction of sp³-hybridized carbons (Fsp3) is 0.207. The summed E-state index contributed by atoms with van der Waals surface area (Å²) in [5.41, 5.74) is 4.81. The topological polar surface area (TPSA) is 122 Å². The molecule has 1 aliphatic carbocycles. The highest BCUT2D eigenvalue weighted by Crippen LogP contribution is 2.36. The third-order valence-corrected chi connectivity index (χ3v) is 9.97. The number of rotatable bonds is 6. The zero-order valence-corrected chi connectivity index (χ0v) is 24.2. The molecule has 2 aliphatic rings. The molecule has 41 heavy (non-hydrogen) atoms. The number of aryl methyl sites for hydroxylation is 1. The fourth-order valence-corrected chi connectivity index (χ4v) is 8.10. The smallest absolute Gasteiger partial charge is 0.335 e. The molecule has 2 aromatic carbocycles. The minimum absolute atomic E-state index is 0.225. The number of benzene rings is 2. The fourth-order valence-electron chi connectivity index (χ4n) is 5.46. The highest BCUT2D eigenvalue weighted by molar-refractivity contribution is 8.30.